The Morgan fingerprint density at radius 1 is 1.17 bits per heavy atom. The van der Waals surface area contributed by atoms with E-state index in [0.717, 1.165) is 25.4 Å². The van der Waals surface area contributed by atoms with Gasteiger partial charge in [0.2, 0.25) is 0 Å². The molecule has 2 N–H and O–H groups in total. The predicted octanol–water partition coefficient (Wildman–Crippen LogP) is 2.73. The summed E-state index contributed by atoms with van der Waals surface area (Å²) in [5.74, 6) is 0.902. The predicted molar refractivity (Wildman–Crippen MR) is 91.3 cm³/mol. The number of fused-ring (bicyclic) bond motifs is 1. The zero-order chi connectivity index (χ0) is 16.1. The van der Waals surface area contributed by atoms with E-state index in [9.17, 15) is 0 Å². The molecular weight excluding hydrogens is 288 g/mol. The van der Waals surface area contributed by atoms with E-state index < -0.39 is 0 Å². The van der Waals surface area contributed by atoms with Gasteiger partial charge in [0.1, 0.15) is 12.4 Å². The van der Waals surface area contributed by atoms with Gasteiger partial charge in [-0.1, -0.05) is 36.4 Å². The van der Waals surface area contributed by atoms with E-state index in [2.05, 4.69) is 35.2 Å². The standard InChI is InChI=1S/C19H24N2O2/c1-22-10-9-21-13-16-7-8-17(11-18(16)19(21)12-20)23-14-15-5-3-2-4-6-15/h2-8,11,19H,9-10,12-14,20H2,1H3. The summed E-state index contributed by atoms with van der Waals surface area (Å²) in [6.07, 6.45) is 0. The monoisotopic (exact) mass is 312 g/mol. The second-order valence-corrected chi connectivity index (χ2v) is 5.85. The average Bonchev–Trinajstić information content (AvgIpc) is 2.95. The van der Waals surface area contributed by atoms with Crippen molar-refractivity contribution in [2.75, 3.05) is 26.8 Å². The Balaban J connectivity index is 1.70. The van der Waals surface area contributed by atoms with Crippen molar-refractivity contribution in [3.63, 3.8) is 0 Å². The number of benzene rings is 2. The van der Waals surface area contributed by atoms with Crippen LogP contribution in [0.15, 0.2) is 48.5 Å². The van der Waals surface area contributed by atoms with Crippen LogP contribution in [0.1, 0.15) is 22.7 Å². The molecule has 2 aromatic rings. The van der Waals surface area contributed by atoms with Crippen LogP contribution in [0.4, 0.5) is 0 Å². The van der Waals surface area contributed by atoms with E-state index in [1.807, 2.05) is 18.2 Å². The molecule has 4 nitrogen and oxygen atoms in total. The highest BCUT2D eigenvalue weighted by Gasteiger charge is 2.29. The first-order chi connectivity index (χ1) is 11.3. The van der Waals surface area contributed by atoms with Gasteiger partial charge in [0.15, 0.2) is 0 Å². The molecule has 3 rings (SSSR count). The fourth-order valence-electron chi connectivity index (χ4n) is 3.10. The highest BCUT2D eigenvalue weighted by molar-refractivity contribution is 5.41. The summed E-state index contributed by atoms with van der Waals surface area (Å²) < 4.78 is 11.1. The van der Waals surface area contributed by atoms with E-state index in [1.54, 1.807) is 7.11 Å². The van der Waals surface area contributed by atoms with Crippen molar-refractivity contribution in [3.05, 3.63) is 65.2 Å². The Bertz CT molecular complexity index is 631. The topological polar surface area (TPSA) is 47.7 Å². The lowest BCUT2D eigenvalue weighted by Crippen LogP contribution is -2.30. The molecule has 0 bridgehead atoms. The summed E-state index contributed by atoms with van der Waals surface area (Å²) in [4.78, 5) is 2.37. The average molecular weight is 312 g/mol. The molecule has 1 unspecified atom stereocenters. The van der Waals surface area contributed by atoms with E-state index in [-0.39, 0.29) is 6.04 Å². The lowest BCUT2D eigenvalue weighted by atomic mass is 10.0. The Morgan fingerprint density at radius 3 is 2.74 bits per heavy atom. The van der Waals surface area contributed by atoms with Crippen LogP contribution < -0.4 is 10.5 Å². The van der Waals surface area contributed by atoms with Gasteiger partial charge < -0.3 is 15.2 Å². The van der Waals surface area contributed by atoms with E-state index in [0.29, 0.717) is 13.2 Å². The van der Waals surface area contributed by atoms with Gasteiger partial charge in [-0.2, -0.15) is 0 Å². The second kappa shape index (κ2) is 7.59. The number of nitrogens with zero attached hydrogens (tertiary/aromatic N) is 1. The first kappa shape index (κ1) is 16.0. The fraction of sp³-hybridized carbons (Fsp3) is 0.368. The van der Waals surface area contributed by atoms with Gasteiger partial charge >= 0.3 is 0 Å². The maximum Gasteiger partial charge on any atom is 0.120 e. The highest BCUT2D eigenvalue weighted by Crippen LogP contribution is 2.35. The molecule has 1 heterocycles. The molecule has 0 aromatic heterocycles. The molecule has 23 heavy (non-hydrogen) atoms. The maximum absolute atomic E-state index is 6.00. The van der Waals surface area contributed by atoms with Crippen LogP contribution in [0, 0.1) is 0 Å². The van der Waals surface area contributed by atoms with Gasteiger partial charge in [0.25, 0.3) is 0 Å². The van der Waals surface area contributed by atoms with Gasteiger partial charge in [-0.25, -0.2) is 0 Å². The summed E-state index contributed by atoms with van der Waals surface area (Å²) in [6, 6.07) is 16.8. The summed E-state index contributed by atoms with van der Waals surface area (Å²) in [7, 11) is 1.73. The first-order valence-electron chi connectivity index (χ1n) is 8.04. The first-order valence-corrected chi connectivity index (χ1v) is 8.04. The molecule has 0 saturated heterocycles. The minimum atomic E-state index is 0.250. The van der Waals surface area contributed by atoms with Crippen LogP contribution >= 0.6 is 0 Å². The highest BCUT2D eigenvalue weighted by atomic mass is 16.5. The van der Waals surface area contributed by atoms with Crippen molar-refractivity contribution < 1.29 is 9.47 Å². The molecule has 122 valence electrons. The van der Waals surface area contributed by atoms with Gasteiger partial charge in [-0.3, -0.25) is 4.90 Å². The number of hydrogen-bond donors (Lipinski definition) is 1. The Morgan fingerprint density at radius 2 is 2.00 bits per heavy atom. The third-order valence-corrected chi connectivity index (χ3v) is 4.34. The number of nitrogens with two attached hydrogens (primary N) is 1. The van der Waals surface area contributed by atoms with Crippen LogP contribution in [0.2, 0.25) is 0 Å². The number of methoxy groups -OCH3 is 1. The van der Waals surface area contributed by atoms with E-state index in [4.69, 9.17) is 15.2 Å². The van der Waals surface area contributed by atoms with Gasteiger partial charge in [0, 0.05) is 32.8 Å². The van der Waals surface area contributed by atoms with Gasteiger partial charge in [-0.05, 0) is 28.8 Å². The lowest BCUT2D eigenvalue weighted by Gasteiger charge is -2.23. The fourth-order valence-corrected chi connectivity index (χ4v) is 3.10. The van der Waals surface area contributed by atoms with Crippen LogP contribution in [0.5, 0.6) is 5.75 Å². The minimum absolute atomic E-state index is 0.250. The smallest absolute Gasteiger partial charge is 0.120 e. The zero-order valence-corrected chi connectivity index (χ0v) is 13.6. The Hall–Kier alpha value is -1.88. The summed E-state index contributed by atoms with van der Waals surface area (Å²) in [5, 5.41) is 0. The third kappa shape index (κ3) is 3.72. The molecule has 2 aromatic carbocycles. The second-order valence-electron chi connectivity index (χ2n) is 5.85. The van der Waals surface area contributed by atoms with Crippen LogP contribution in [-0.4, -0.2) is 31.7 Å². The molecule has 0 fully saturated rings. The molecule has 1 aliphatic rings. The molecule has 1 atom stereocenters. The molecule has 0 aliphatic carbocycles. The number of hydrogen-bond acceptors (Lipinski definition) is 4. The maximum atomic E-state index is 6.00. The van der Waals surface area contributed by atoms with Crippen molar-refractivity contribution in [2.24, 2.45) is 5.73 Å². The summed E-state index contributed by atoms with van der Waals surface area (Å²) >= 11 is 0. The minimum Gasteiger partial charge on any atom is -0.489 e. The SMILES string of the molecule is COCCN1Cc2ccc(OCc3ccccc3)cc2C1CN. The molecule has 1 aliphatic heterocycles. The van der Waals surface area contributed by atoms with Gasteiger partial charge in [0.05, 0.1) is 6.61 Å². The summed E-state index contributed by atoms with van der Waals surface area (Å²) in [5.41, 5.74) is 9.80. The van der Waals surface area contributed by atoms with Gasteiger partial charge in [-0.15, -0.1) is 0 Å². The van der Waals surface area contributed by atoms with Crippen molar-refractivity contribution in [3.8, 4) is 5.75 Å². The third-order valence-electron chi connectivity index (χ3n) is 4.34. The van der Waals surface area contributed by atoms with Crippen molar-refractivity contribution in [1.29, 1.82) is 0 Å². The van der Waals surface area contributed by atoms with Crippen LogP contribution in [0.25, 0.3) is 0 Å². The summed E-state index contributed by atoms with van der Waals surface area (Å²) in [6.45, 7) is 3.74. The molecule has 0 radical (unpaired) electrons. The van der Waals surface area contributed by atoms with Crippen LogP contribution in [-0.2, 0) is 17.9 Å². The van der Waals surface area contributed by atoms with E-state index >= 15 is 0 Å². The van der Waals surface area contributed by atoms with Crippen molar-refractivity contribution >= 4 is 0 Å². The van der Waals surface area contributed by atoms with Crippen molar-refractivity contribution in [1.82, 2.24) is 4.90 Å². The molecular formula is C19H24N2O2. The molecule has 0 spiro atoms. The van der Waals surface area contributed by atoms with Crippen LogP contribution in [0.3, 0.4) is 0 Å². The molecule has 4 heteroatoms. The zero-order valence-electron chi connectivity index (χ0n) is 13.6. The number of rotatable bonds is 7. The normalized spacial score (nSPS) is 17.2. The Labute approximate surface area is 137 Å². The lowest BCUT2D eigenvalue weighted by molar-refractivity contribution is 0.128. The molecule has 0 saturated carbocycles. The number of ether oxygens (including phenoxy) is 2. The van der Waals surface area contributed by atoms with Crippen molar-refractivity contribution in [2.45, 2.75) is 19.2 Å². The van der Waals surface area contributed by atoms with E-state index in [1.165, 1.54) is 16.7 Å². The molecule has 0 amide bonds. The Kier molecular flexibility index (Phi) is 5.28. The largest absolute Gasteiger partial charge is 0.489 e. The quantitative estimate of drug-likeness (QED) is 0.854.